The second kappa shape index (κ2) is 9.36. The fourth-order valence-electron chi connectivity index (χ4n) is 4.78. The standard InChI is InChI=1S/C24H26ClIN2O3/c1-24-10-4-3-5-18(24)21(24)23(29)28-27-13-16-11-19(26)22(20(12-16)30-2)31-14-15-6-8-17(25)9-7-15/h6-9,11-13,18,21H,3-5,10,14H2,1-2H3,(H,28,29)/b27-13-/t18-,21+,24+/m1/s1. The molecular formula is C24H26ClIN2O3. The number of carbonyl (C=O) groups is 1. The molecule has 5 nitrogen and oxygen atoms in total. The third kappa shape index (κ3) is 4.85. The lowest BCUT2D eigenvalue weighted by molar-refractivity contribution is -0.123. The number of hydrogen-bond donors (Lipinski definition) is 1. The molecule has 31 heavy (non-hydrogen) atoms. The zero-order chi connectivity index (χ0) is 22.0. The van der Waals surface area contributed by atoms with Crippen LogP contribution in [-0.2, 0) is 11.4 Å². The third-order valence-electron chi connectivity index (χ3n) is 6.55. The van der Waals surface area contributed by atoms with Crippen molar-refractivity contribution in [2.24, 2.45) is 22.4 Å². The summed E-state index contributed by atoms with van der Waals surface area (Å²) in [7, 11) is 1.61. The van der Waals surface area contributed by atoms with Crippen LogP contribution in [0.25, 0.3) is 0 Å². The number of rotatable bonds is 7. The number of benzene rings is 2. The van der Waals surface area contributed by atoms with Crippen LogP contribution in [0.1, 0.15) is 43.7 Å². The Morgan fingerprint density at radius 1 is 1.32 bits per heavy atom. The van der Waals surface area contributed by atoms with E-state index in [9.17, 15) is 4.79 Å². The fourth-order valence-corrected chi connectivity index (χ4v) is 5.69. The van der Waals surface area contributed by atoms with E-state index in [-0.39, 0.29) is 17.2 Å². The molecule has 2 fully saturated rings. The van der Waals surface area contributed by atoms with E-state index in [1.165, 1.54) is 12.8 Å². The molecule has 0 aliphatic heterocycles. The van der Waals surface area contributed by atoms with Crippen molar-refractivity contribution < 1.29 is 14.3 Å². The first-order valence-corrected chi connectivity index (χ1v) is 12.0. The molecule has 2 saturated carbocycles. The number of nitrogens with one attached hydrogen (secondary N) is 1. The Balaban J connectivity index is 1.39. The summed E-state index contributed by atoms with van der Waals surface area (Å²) in [6.45, 7) is 2.65. The quantitative estimate of drug-likeness (QED) is 0.268. The summed E-state index contributed by atoms with van der Waals surface area (Å²) >= 11 is 8.16. The molecule has 0 radical (unpaired) electrons. The lowest BCUT2D eigenvalue weighted by Gasteiger charge is -2.15. The van der Waals surface area contributed by atoms with E-state index in [1.54, 1.807) is 13.3 Å². The highest BCUT2D eigenvalue weighted by atomic mass is 127. The Morgan fingerprint density at radius 2 is 2.10 bits per heavy atom. The molecule has 4 rings (SSSR count). The average Bonchev–Trinajstić information content (AvgIpc) is 3.39. The predicted molar refractivity (Wildman–Crippen MR) is 131 cm³/mol. The van der Waals surface area contributed by atoms with Gasteiger partial charge in [0.15, 0.2) is 11.5 Å². The van der Waals surface area contributed by atoms with E-state index >= 15 is 0 Å². The van der Waals surface area contributed by atoms with Crippen molar-refractivity contribution in [1.82, 2.24) is 5.43 Å². The minimum atomic E-state index is 0.0372. The predicted octanol–water partition coefficient (Wildman–Crippen LogP) is 5.81. The summed E-state index contributed by atoms with van der Waals surface area (Å²) in [5.74, 6) is 1.96. The van der Waals surface area contributed by atoms with Crippen LogP contribution in [0.2, 0.25) is 5.02 Å². The summed E-state index contributed by atoms with van der Waals surface area (Å²) in [5, 5.41) is 4.90. The van der Waals surface area contributed by atoms with Gasteiger partial charge in [0, 0.05) is 10.9 Å². The van der Waals surface area contributed by atoms with Gasteiger partial charge >= 0.3 is 0 Å². The SMILES string of the molecule is COc1cc(/C=N\NC(=O)[C@@H]2[C@H]3CCCC[C@@]32C)cc(I)c1OCc1ccc(Cl)cc1. The molecule has 2 aliphatic rings. The van der Waals surface area contributed by atoms with Gasteiger partial charge < -0.3 is 9.47 Å². The van der Waals surface area contributed by atoms with Gasteiger partial charge in [0.25, 0.3) is 0 Å². The third-order valence-corrected chi connectivity index (χ3v) is 7.60. The fraction of sp³-hybridized carbons (Fsp3) is 0.417. The van der Waals surface area contributed by atoms with Crippen molar-refractivity contribution in [3.63, 3.8) is 0 Å². The van der Waals surface area contributed by atoms with Gasteiger partial charge in [0.1, 0.15) is 6.61 Å². The van der Waals surface area contributed by atoms with Crippen LogP contribution < -0.4 is 14.9 Å². The van der Waals surface area contributed by atoms with Crippen LogP contribution in [0.4, 0.5) is 0 Å². The van der Waals surface area contributed by atoms with Gasteiger partial charge in [0.2, 0.25) is 5.91 Å². The maximum absolute atomic E-state index is 12.6. The number of fused-ring (bicyclic) bond motifs is 1. The summed E-state index contributed by atoms with van der Waals surface area (Å²) in [4.78, 5) is 12.6. The summed E-state index contributed by atoms with van der Waals surface area (Å²) in [6.07, 6.45) is 6.42. The van der Waals surface area contributed by atoms with Crippen LogP contribution in [0.15, 0.2) is 41.5 Å². The number of amides is 1. The van der Waals surface area contributed by atoms with Gasteiger partial charge in [-0.1, -0.05) is 43.5 Å². The molecule has 2 aliphatic carbocycles. The summed E-state index contributed by atoms with van der Waals surface area (Å²) < 4.78 is 12.4. The number of nitrogens with zero attached hydrogens (tertiary/aromatic N) is 1. The minimum Gasteiger partial charge on any atom is -0.493 e. The molecule has 0 unspecified atom stereocenters. The second-order valence-corrected chi connectivity index (χ2v) is 10.1. The maximum Gasteiger partial charge on any atom is 0.244 e. The van der Waals surface area contributed by atoms with Gasteiger partial charge in [-0.3, -0.25) is 4.79 Å². The number of halogens is 2. The maximum atomic E-state index is 12.6. The molecule has 0 aromatic heterocycles. The van der Waals surface area contributed by atoms with Crippen molar-refractivity contribution >= 4 is 46.3 Å². The number of methoxy groups -OCH3 is 1. The van der Waals surface area contributed by atoms with Crippen LogP contribution in [0, 0.1) is 20.8 Å². The molecule has 1 N–H and O–H groups in total. The Kier molecular flexibility index (Phi) is 6.77. The first-order valence-electron chi connectivity index (χ1n) is 10.5. The Morgan fingerprint density at radius 3 is 2.77 bits per heavy atom. The molecule has 2 aromatic carbocycles. The van der Waals surface area contributed by atoms with Crippen molar-refractivity contribution in [2.45, 2.75) is 39.2 Å². The van der Waals surface area contributed by atoms with Crippen molar-refractivity contribution in [3.8, 4) is 11.5 Å². The van der Waals surface area contributed by atoms with Crippen molar-refractivity contribution in [2.75, 3.05) is 7.11 Å². The molecule has 0 spiro atoms. The van der Waals surface area contributed by atoms with Gasteiger partial charge in [-0.15, -0.1) is 0 Å². The normalized spacial score (nSPS) is 24.5. The van der Waals surface area contributed by atoms with Crippen LogP contribution in [0.3, 0.4) is 0 Å². The highest BCUT2D eigenvalue weighted by Crippen LogP contribution is 2.66. The Labute approximate surface area is 201 Å². The van der Waals surface area contributed by atoms with Gasteiger partial charge in [0.05, 0.1) is 16.9 Å². The van der Waals surface area contributed by atoms with Crippen LogP contribution in [0.5, 0.6) is 11.5 Å². The minimum absolute atomic E-state index is 0.0372. The summed E-state index contributed by atoms with van der Waals surface area (Å²) in [6, 6.07) is 11.4. The number of hydrogen-bond acceptors (Lipinski definition) is 4. The number of hydrazone groups is 1. The summed E-state index contributed by atoms with van der Waals surface area (Å²) in [5.41, 5.74) is 4.77. The number of ether oxygens (including phenoxy) is 2. The van der Waals surface area contributed by atoms with Crippen molar-refractivity contribution in [3.05, 3.63) is 56.1 Å². The Bertz CT molecular complexity index is 995. The highest BCUT2D eigenvalue weighted by molar-refractivity contribution is 14.1. The first kappa shape index (κ1) is 22.4. The molecule has 7 heteroatoms. The van der Waals surface area contributed by atoms with E-state index in [1.807, 2.05) is 36.4 Å². The average molecular weight is 553 g/mol. The molecule has 0 saturated heterocycles. The highest BCUT2D eigenvalue weighted by Gasteiger charge is 2.64. The largest absolute Gasteiger partial charge is 0.493 e. The molecule has 2 aromatic rings. The van der Waals surface area contributed by atoms with Crippen LogP contribution >= 0.6 is 34.2 Å². The van der Waals surface area contributed by atoms with E-state index in [0.29, 0.717) is 29.0 Å². The van der Waals surface area contributed by atoms with E-state index in [4.69, 9.17) is 21.1 Å². The molecule has 3 atom stereocenters. The van der Waals surface area contributed by atoms with Gasteiger partial charge in [-0.25, -0.2) is 5.43 Å². The lowest BCUT2D eigenvalue weighted by atomic mass is 9.90. The van der Waals surface area contributed by atoms with E-state index in [0.717, 1.165) is 27.5 Å². The smallest absolute Gasteiger partial charge is 0.244 e. The lowest BCUT2D eigenvalue weighted by Crippen LogP contribution is -2.22. The molecule has 1 amide bonds. The number of carbonyl (C=O) groups excluding carboxylic acids is 1. The van der Waals surface area contributed by atoms with Gasteiger partial charge in [-0.2, -0.15) is 5.10 Å². The van der Waals surface area contributed by atoms with E-state index in [2.05, 4.69) is 40.0 Å². The van der Waals surface area contributed by atoms with Crippen molar-refractivity contribution in [1.29, 1.82) is 0 Å². The molecule has 0 bridgehead atoms. The van der Waals surface area contributed by atoms with E-state index < -0.39 is 0 Å². The zero-order valence-electron chi connectivity index (χ0n) is 17.7. The Hall–Kier alpha value is -1.80. The van der Waals surface area contributed by atoms with Gasteiger partial charge in [-0.05, 0) is 82.2 Å². The molecule has 164 valence electrons. The second-order valence-electron chi connectivity index (χ2n) is 8.52. The molecule has 0 heterocycles. The monoisotopic (exact) mass is 552 g/mol. The zero-order valence-corrected chi connectivity index (χ0v) is 20.6. The van der Waals surface area contributed by atoms with Crippen LogP contribution in [-0.4, -0.2) is 19.2 Å². The first-order chi connectivity index (χ1) is 14.9. The molecular weight excluding hydrogens is 527 g/mol. The topological polar surface area (TPSA) is 59.9 Å².